The van der Waals surface area contributed by atoms with Crippen LogP contribution in [0.1, 0.15) is 51.6 Å². The van der Waals surface area contributed by atoms with Crippen LogP contribution in [-0.4, -0.2) is 65.8 Å². The summed E-state index contributed by atoms with van der Waals surface area (Å²) in [6.07, 6.45) is 1.70. The number of benzene rings is 1. The van der Waals surface area contributed by atoms with Crippen LogP contribution in [-0.2, 0) is 9.59 Å². The van der Waals surface area contributed by atoms with Gasteiger partial charge in [0, 0.05) is 12.0 Å². The highest BCUT2D eigenvalue weighted by Crippen LogP contribution is 2.46. The van der Waals surface area contributed by atoms with Crippen molar-refractivity contribution >= 4 is 42.0 Å². The molecular weight excluding hydrogens is 490 g/mol. The molecule has 3 heterocycles. The number of halogens is 1. The number of urea groups is 1. The van der Waals surface area contributed by atoms with Gasteiger partial charge in [0.05, 0.1) is 24.2 Å². The zero-order chi connectivity index (χ0) is 24.5. The number of fused-ring (bicyclic) bond motifs is 2. The van der Waals surface area contributed by atoms with Crippen LogP contribution in [0.4, 0.5) is 4.79 Å². The fourth-order valence-corrected chi connectivity index (χ4v) is 6.64. The van der Waals surface area contributed by atoms with Crippen molar-refractivity contribution in [3.63, 3.8) is 0 Å². The lowest BCUT2D eigenvalue weighted by molar-refractivity contribution is -0.142. The van der Waals surface area contributed by atoms with Gasteiger partial charge in [0.1, 0.15) is 17.8 Å². The van der Waals surface area contributed by atoms with Gasteiger partial charge in [0.25, 0.3) is 0 Å². The van der Waals surface area contributed by atoms with Gasteiger partial charge in [-0.05, 0) is 44.0 Å². The molecule has 2 unspecified atom stereocenters. The number of ether oxygens (including phenoxy) is 1. The lowest BCUT2D eigenvalue weighted by Crippen LogP contribution is -2.58. The summed E-state index contributed by atoms with van der Waals surface area (Å²) in [5.74, 6) is 1.17. The lowest BCUT2D eigenvalue weighted by atomic mass is 9.83. The number of para-hydroxylation sites is 1. The molecule has 1 aromatic carbocycles. The molecule has 4 amide bonds. The van der Waals surface area contributed by atoms with Crippen LogP contribution in [0.15, 0.2) is 24.3 Å². The molecule has 2 fully saturated rings. The number of nitrogens with one attached hydrogen (secondary N) is 4. The zero-order valence-corrected chi connectivity index (χ0v) is 22.3. The van der Waals surface area contributed by atoms with Crippen molar-refractivity contribution in [3.8, 4) is 5.75 Å². The Morgan fingerprint density at radius 1 is 1.17 bits per heavy atom. The maximum atomic E-state index is 13.7. The van der Waals surface area contributed by atoms with Crippen LogP contribution < -0.4 is 26.0 Å². The standard InChI is InChI=1S/C24H35N5O4S.ClH/c1-14(25-4)26-23(32)28-17-10-12-34-19-13-24(2,3)20(29(19)22(17)31)21(30)27-16-9-11-33-18-8-6-5-7-15(16)18;/h5-8,14,16-17,19-20,25H,9-13H2,1-4H3,(H,27,30)(H2,26,28,32);1H/t14?,16-,17+,19?,20-;/m1./s1. The fraction of sp³-hybridized carbons (Fsp3) is 0.625. The molecular formula is C24H36ClN5O4S. The van der Waals surface area contributed by atoms with Gasteiger partial charge >= 0.3 is 6.03 Å². The number of nitrogens with zero attached hydrogens (tertiary/aromatic N) is 1. The van der Waals surface area contributed by atoms with Crippen LogP contribution in [0.3, 0.4) is 0 Å². The van der Waals surface area contributed by atoms with Crippen molar-refractivity contribution in [2.45, 2.75) is 69.7 Å². The van der Waals surface area contributed by atoms with E-state index in [-0.39, 0.29) is 41.8 Å². The molecule has 35 heavy (non-hydrogen) atoms. The molecule has 0 saturated carbocycles. The first kappa shape index (κ1) is 27.4. The summed E-state index contributed by atoms with van der Waals surface area (Å²) in [5.41, 5.74) is 0.563. The quantitative estimate of drug-likeness (QED) is 0.439. The predicted molar refractivity (Wildman–Crippen MR) is 139 cm³/mol. The molecule has 194 valence electrons. The third-order valence-corrected chi connectivity index (χ3v) is 8.16. The van der Waals surface area contributed by atoms with E-state index < -0.39 is 23.5 Å². The summed E-state index contributed by atoms with van der Waals surface area (Å²) >= 11 is 1.69. The van der Waals surface area contributed by atoms with E-state index in [4.69, 9.17) is 4.74 Å². The number of hydrogen-bond donors (Lipinski definition) is 4. The Labute approximate surface area is 217 Å². The smallest absolute Gasteiger partial charge is 0.316 e. The number of hydrogen-bond acceptors (Lipinski definition) is 6. The summed E-state index contributed by atoms with van der Waals surface area (Å²) in [6.45, 7) is 6.43. The van der Waals surface area contributed by atoms with Crippen LogP contribution in [0, 0.1) is 5.41 Å². The van der Waals surface area contributed by atoms with E-state index in [1.54, 1.807) is 23.7 Å². The van der Waals surface area contributed by atoms with E-state index in [2.05, 4.69) is 21.3 Å². The second-order valence-electron chi connectivity index (χ2n) is 9.87. The fourth-order valence-electron chi connectivity index (χ4n) is 5.06. The molecule has 0 bridgehead atoms. The highest BCUT2D eigenvalue weighted by molar-refractivity contribution is 7.99. The van der Waals surface area contributed by atoms with Crippen molar-refractivity contribution in [2.24, 2.45) is 5.41 Å². The molecule has 0 radical (unpaired) electrons. The Kier molecular flexibility index (Phi) is 8.82. The maximum absolute atomic E-state index is 13.7. The monoisotopic (exact) mass is 525 g/mol. The van der Waals surface area contributed by atoms with E-state index >= 15 is 0 Å². The normalized spacial score (nSPS) is 27.8. The molecule has 4 rings (SSSR count). The molecule has 9 nitrogen and oxygen atoms in total. The lowest BCUT2D eigenvalue weighted by Gasteiger charge is -2.36. The molecule has 3 aliphatic heterocycles. The number of amides is 4. The molecule has 0 aromatic heterocycles. The summed E-state index contributed by atoms with van der Waals surface area (Å²) in [6, 6.07) is 5.89. The van der Waals surface area contributed by atoms with Crippen molar-refractivity contribution in [1.82, 2.24) is 26.2 Å². The number of thioether (sulfide) groups is 1. The van der Waals surface area contributed by atoms with E-state index in [0.29, 0.717) is 19.4 Å². The Morgan fingerprint density at radius 3 is 2.66 bits per heavy atom. The molecule has 11 heteroatoms. The second-order valence-corrected chi connectivity index (χ2v) is 11.2. The second kappa shape index (κ2) is 11.3. The first-order chi connectivity index (χ1) is 16.2. The van der Waals surface area contributed by atoms with Gasteiger partial charge in [-0.2, -0.15) is 0 Å². The SMILES string of the molecule is CNC(C)NC(=O)N[C@H]1CCSC2CC(C)(C)[C@@H](C(=O)N[C@@H]3CCOc4ccccc43)N2C1=O.Cl. The number of rotatable bonds is 5. The summed E-state index contributed by atoms with van der Waals surface area (Å²) in [5, 5.41) is 11.6. The van der Waals surface area contributed by atoms with Crippen molar-refractivity contribution in [2.75, 3.05) is 19.4 Å². The van der Waals surface area contributed by atoms with E-state index in [0.717, 1.165) is 23.5 Å². The highest BCUT2D eigenvalue weighted by Gasteiger charge is 2.54. The van der Waals surface area contributed by atoms with Crippen LogP contribution in [0.5, 0.6) is 5.75 Å². The third-order valence-electron chi connectivity index (χ3n) is 6.91. The van der Waals surface area contributed by atoms with Gasteiger partial charge in [-0.15, -0.1) is 24.2 Å². The average molecular weight is 526 g/mol. The van der Waals surface area contributed by atoms with Crippen molar-refractivity contribution < 1.29 is 19.1 Å². The Balaban J connectivity index is 0.00000342. The maximum Gasteiger partial charge on any atom is 0.316 e. The largest absolute Gasteiger partial charge is 0.493 e. The van der Waals surface area contributed by atoms with Gasteiger partial charge in [-0.3, -0.25) is 9.59 Å². The Morgan fingerprint density at radius 2 is 1.91 bits per heavy atom. The van der Waals surface area contributed by atoms with Crippen LogP contribution >= 0.6 is 24.2 Å². The minimum absolute atomic E-state index is 0. The topological polar surface area (TPSA) is 112 Å². The minimum Gasteiger partial charge on any atom is -0.493 e. The van der Waals surface area contributed by atoms with E-state index in [9.17, 15) is 14.4 Å². The minimum atomic E-state index is -0.672. The van der Waals surface area contributed by atoms with Gasteiger partial charge in [0.15, 0.2) is 0 Å². The first-order valence-corrected chi connectivity index (χ1v) is 13.0. The predicted octanol–water partition coefficient (Wildman–Crippen LogP) is 2.37. The molecule has 4 N–H and O–H groups in total. The Hall–Kier alpha value is -2.17. The average Bonchev–Trinajstić information content (AvgIpc) is 2.99. The molecule has 3 aliphatic rings. The number of carbonyl (C=O) groups is 3. The molecule has 5 atom stereocenters. The van der Waals surface area contributed by atoms with E-state index in [1.807, 2.05) is 45.0 Å². The Bertz CT molecular complexity index is 948. The first-order valence-electron chi connectivity index (χ1n) is 11.9. The van der Waals surface area contributed by atoms with Crippen molar-refractivity contribution in [1.29, 1.82) is 0 Å². The van der Waals surface area contributed by atoms with Gasteiger partial charge in [-0.25, -0.2) is 4.79 Å². The zero-order valence-electron chi connectivity index (χ0n) is 20.6. The van der Waals surface area contributed by atoms with Crippen LogP contribution in [0.2, 0.25) is 0 Å². The number of carbonyl (C=O) groups excluding carboxylic acids is 3. The summed E-state index contributed by atoms with van der Waals surface area (Å²) in [4.78, 5) is 41.5. The van der Waals surface area contributed by atoms with E-state index in [1.165, 1.54) is 0 Å². The molecule has 0 spiro atoms. The molecule has 2 saturated heterocycles. The van der Waals surface area contributed by atoms with Gasteiger partial charge in [-0.1, -0.05) is 32.0 Å². The van der Waals surface area contributed by atoms with Gasteiger partial charge in [0.2, 0.25) is 11.8 Å². The third kappa shape index (κ3) is 5.81. The summed E-state index contributed by atoms with van der Waals surface area (Å²) < 4.78 is 5.74. The summed E-state index contributed by atoms with van der Waals surface area (Å²) in [7, 11) is 1.75. The van der Waals surface area contributed by atoms with Crippen LogP contribution in [0.25, 0.3) is 0 Å². The highest BCUT2D eigenvalue weighted by atomic mass is 35.5. The molecule has 0 aliphatic carbocycles. The molecule has 1 aromatic rings. The van der Waals surface area contributed by atoms with Crippen molar-refractivity contribution in [3.05, 3.63) is 29.8 Å². The van der Waals surface area contributed by atoms with Gasteiger partial charge < -0.3 is 30.9 Å².